The summed E-state index contributed by atoms with van der Waals surface area (Å²) in [5.74, 6) is 1.22. The van der Waals surface area contributed by atoms with Gasteiger partial charge in [0.2, 0.25) is 0 Å². The molecule has 82 valence electrons. The Hall–Kier alpha value is -0.470. The summed E-state index contributed by atoms with van der Waals surface area (Å²) in [7, 11) is 0. The first-order valence-electron chi connectivity index (χ1n) is 5.62. The van der Waals surface area contributed by atoms with Crippen molar-refractivity contribution < 1.29 is 5.11 Å². The smallest absolute Gasteiger partial charge is 0.0735 e. The molecule has 0 radical (unpaired) electrons. The van der Waals surface area contributed by atoms with Gasteiger partial charge >= 0.3 is 0 Å². The third-order valence-corrected chi connectivity index (χ3v) is 4.07. The molecule has 1 aromatic carbocycles. The van der Waals surface area contributed by atoms with E-state index in [-0.39, 0.29) is 0 Å². The Morgan fingerprint density at radius 1 is 1.20 bits per heavy atom. The zero-order chi connectivity index (χ0) is 10.7. The van der Waals surface area contributed by atoms with Gasteiger partial charge in [-0.15, -0.1) is 0 Å². The molecule has 1 aliphatic rings. The molecular weight excluding hydrogens is 204 g/mol. The van der Waals surface area contributed by atoms with Crippen LogP contribution in [0.25, 0.3) is 0 Å². The van der Waals surface area contributed by atoms with Crippen molar-refractivity contribution in [1.82, 2.24) is 0 Å². The fourth-order valence-electron chi connectivity index (χ4n) is 2.37. The number of aliphatic hydroxyl groups is 1. The van der Waals surface area contributed by atoms with Gasteiger partial charge in [0.15, 0.2) is 0 Å². The Bertz CT molecular complexity index is 302. The standard InChI is InChI=1S/C13H18OS/c14-13(10-15)8-6-12(7-9-13)11-4-2-1-3-5-11/h1-5,12,14-15H,6-10H2. The minimum atomic E-state index is -0.506. The normalized spacial score (nSPS) is 31.5. The Morgan fingerprint density at radius 2 is 1.80 bits per heavy atom. The van der Waals surface area contributed by atoms with Crippen molar-refractivity contribution in [2.75, 3.05) is 5.75 Å². The van der Waals surface area contributed by atoms with Crippen LogP contribution < -0.4 is 0 Å². The van der Waals surface area contributed by atoms with Crippen LogP contribution in [0.1, 0.15) is 37.2 Å². The van der Waals surface area contributed by atoms with Gasteiger partial charge in [0, 0.05) is 5.75 Å². The van der Waals surface area contributed by atoms with Crippen LogP contribution in [-0.2, 0) is 0 Å². The number of benzene rings is 1. The first-order chi connectivity index (χ1) is 7.23. The molecule has 1 fully saturated rings. The van der Waals surface area contributed by atoms with Crippen LogP contribution in [0.3, 0.4) is 0 Å². The third kappa shape index (κ3) is 2.56. The lowest BCUT2D eigenvalue weighted by Crippen LogP contribution is -2.35. The second kappa shape index (κ2) is 4.58. The van der Waals surface area contributed by atoms with Crippen LogP contribution in [-0.4, -0.2) is 16.5 Å². The van der Waals surface area contributed by atoms with E-state index in [1.165, 1.54) is 5.56 Å². The molecule has 0 spiro atoms. The second-order valence-electron chi connectivity index (χ2n) is 4.57. The van der Waals surface area contributed by atoms with Gasteiger partial charge in [-0.05, 0) is 37.2 Å². The Morgan fingerprint density at radius 3 is 2.33 bits per heavy atom. The van der Waals surface area contributed by atoms with E-state index >= 15 is 0 Å². The summed E-state index contributed by atoms with van der Waals surface area (Å²) in [5.41, 5.74) is 0.910. The predicted molar refractivity (Wildman–Crippen MR) is 66.5 cm³/mol. The minimum Gasteiger partial charge on any atom is -0.389 e. The molecule has 15 heavy (non-hydrogen) atoms. The molecule has 1 aliphatic carbocycles. The molecule has 2 rings (SSSR count). The maximum atomic E-state index is 10.1. The van der Waals surface area contributed by atoms with Crippen LogP contribution in [0.2, 0.25) is 0 Å². The van der Waals surface area contributed by atoms with Gasteiger partial charge in [-0.25, -0.2) is 0 Å². The third-order valence-electron chi connectivity index (χ3n) is 3.48. The highest BCUT2D eigenvalue weighted by Gasteiger charge is 2.32. The van der Waals surface area contributed by atoms with Crippen molar-refractivity contribution in [3.8, 4) is 0 Å². The lowest BCUT2D eigenvalue weighted by molar-refractivity contribution is 0.0222. The SMILES string of the molecule is OC1(CS)CCC(c2ccccc2)CC1. The molecule has 1 nitrogen and oxygen atoms in total. The molecule has 1 aromatic rings. The van der Waals surface area contributed by atoms with Crippen molar-refractivity contribution in [3.63, 3.8) is 0 Å². The van der Waals surface area contributed by atoms with Gasteiger partial charge in [0.1, 0.15) is 0 Å². The van der Waals surface area contributed by atoms with Crippen molar-refractivity contribution in [3.05, 3.63) is 35.9 Å². The largest absolute Gasteiger partial charge is 0.389 e. The average molecular weight is 222 g/mol. The van der Waals surface area contributed by atoms with Crippen LogP contribution in [0.15, 0.2) is 30.3 Å². The fraction of sp³-hybridized carbons (Fsp3) is 0.538. The Labute approximate surface area is 96.9 Å². The number of rotatable bonds is 2. The van der Waals surface area contributed by atoms with Crippen molar-refractivity contribution in [2.45, 2.75) is 37.2 Å². The van der Waals surface area contributed by atoms with Crippen LogP contribution >= 0.6 is 12.6 Å². The maximum Gasteiger partial charge on any atom is 0.0735 e. The van der Waals surface area contributed by atoms with E-state index in [0.717, 1.165) is 25.7 Å². The van der Waals surface area contributed by atoms with E-state index in [0.29, 0.717) is 11.7 Å². The molecule has 0 heterocycles. The van der Waals surface area contributed by atoms with Crippen LogP contribution in [0.4, 0.5) is 0 Å². The van der Waals surface area contributed by atoms with Crippen molar-refractivity contribution >= 4 is 12.6 Å². The zero-order valence-electron chi connectivity index (χ0n) is 8.89. The summed E-state index contributed by atoms with van der Waals surface area (Å²) < 4.78 is 0. The molecule has 0 amide bonds. The lowest BCUT2D eigenvalue weighted by atomic mass is 9.77. The highest BCUT2D eigenvalue weighted by Crippen LogP contribution is 2.38. The summed E-state index contributed by atoms with van der Waals surface area (Å²) in [6, 6.07) is 10.6. The zero-order valence-corrected chi connectivity index (χ0v) is 9.79. The van der Waals surface area contributed by atoms with E-state index in [1.807, 2.05) is 0 Å². The van der Waals surface area contributed by atoms with Crippen LogP contribution in [0.5, 0.6) is 0 Å². The predicted octanol–water partition coefficient (Wildman–Crippen LogP) is 3.01. The minimum absolute atomic E-state index is 0.506. The van der Waals surface area contributed by atoms with Gasteiger partial charge in [-0.1, -0.05) is 30.3 Å². The first kappa shape index (κ1) is 11.0. The molecule has 0 saturated heterocycles. The summed E-state index contributed by atoms with van der Waals surface area (Å²) >= 11 is 4.22. The number of hydrogen-bond donors (Lipinski definition) is 2. The monoisotopic (exact) mass is 222 g/mol. The van der Waals surface area contributed by atoms with E-state index in [2.05, 4.69) is 43.0 Å². The molecule has 0 unspecified atom stereocenters. The Balaban J connectivity index is 2.00. The van der Waals surface area contributed by atoms with Crippen molar-refractivity contribution in [1.29, 1.82) is 0 Å². The summed E-state index contributed by atoms with van der Waals surface area (Å²) in [6.45, 7) is 0. The first-order valence-corrected chi connectivity index (χ1v) is 6.25. The van der Waals surface area contributed by atoms with E-state index in [9.17, 15) is 5.11 Å². The fourth-order valence-corrected chi connectivity index (χ4v) is 2.69. The van der Waals surface area contributed by atoms with Gasteiger partial charge < -0.3 is 5.11 Å². The molecule has 0 atom stereocenters. The second-order valence-corrected chi connectivity index (χ2v) is 4.88. The molecule has 2 heteroatoms. The van der Waals surface area contributed by atoms with Gasteiger partial charge in [-0.3, -0.25) is 0 Å². The van der Waals surface area contributed by atoms with Crippen molar-refractivity contribution in [2.24, 2.45) is 0 Å². The summed E-state index contributed by atoms with van der Waals surface area (Å²) in [6.07, 6.45) is 3.94. The van der Waals surface area contributed by atoms with E-state index in [1.54, 1.807) is 0 Å². The quantitative estimate of drug-likeness (QED) is 0.737. The molecule has 0 aromatic heterocycles. The number of thiol groups is 1. The topological polar surface area (TPSA) is 20.2 Å². The molecule has 0 aliphatic heterocycles. The van der Waals surface area contributed by atoms with E-state index < -0.39 is 5.60 Å². The summed E-state index contributed by atoms with van der Waals surface area (Å²) in [4.78, 5) is 0. The summed E-state index contributed by atoms with van der Waals surface area (Å²) in [5, 5.41) is 10.1. The molecule has 1 N–H and O–H groups in total. The number of hydrogen-bond acceptors (Lipinski definition) is 2. The Kier molecular flexibility index (Phi) is 3.37. The molecule has 1 saturated carbocycles. The van der Waals surface area contributed by atoms with Gasteiger partial charge in [0.25, 0.3) is 0 Å². The van der Waals surface area contributed by atoms with Gasteiger partial charge in [0.05, 0.1) is 5.60 Å². The van der Waals surface area contributed by atoms with Crippen LogP contribution in [0, 0.1) is 0 Å². The average Bonchev–Trinajstić information content (AvgIpc) is 2.31. The highest BCUT2D eigenvalue weighted by atomic mass is 32.1. The molecular formula is C13H18OS. The van der Waals surface area contributed by atoms with E-state index in [4.69, 9.17) is 0 Å². The molecule has 0 bridgehead atoms. The lowest BCUT2D eigenvalue weighted by Gasteiger charge is -2.35. The maximum absolute atomic E-state index is 10.1. The highest BCUT2D eigenvalue weighted by molar-refractivity contribution is 7.80. The van der Waals surface area contributed by atoms with Gasteiger partial charge in [-0.2, -0.15) is 12.6 Å².